The molecule has 62 valence electrons. The molecule has 1 aromatic heterocycles. The molecule has 3 heteroatoms. The average molecular weight is 178 g/mol. The molecule has 0 aliphatic heterocycles. The van der Waals surface area contributed by atoms with Gasteiger partial charge in [0.15, 0.2) is 0 Å². The van der Waals surface area contributed by atoms with E-state index in [0.717, 1.165) is 16.2 Å². The van der Waals surface area contributed by atoms with Gasteiger partial charge >= 0.3 is 0 Å². The van der Waals surface area contributed by atoms with Gasteiger partial charge in [-0.3, -0.25) is 0 Å². The molecule has 0 amide bonds. The van der Waals surface area contributed by atoms with E-state index in [0.29, 0.717) is 0 Å². The van der Waals surface area contributed by atoms with Crippen LogP contribution in [0, 0.1) is 6.92 Å². The molecule has 0 unspecified atom stereocenters. The zero-order valence-electron chi connectivity index (χ0n) is 7.09. The highest BCUT2D eigenvalue weighted by molar-refractivity contribution is 7.18. The van der Waals surface area contributed by atoms with Gasteiger partial charge in [0.05, 0.1) is 15.2 Å². The van der Waals surface area contributed by atoms with Crippen LogP contribution in [0.2, 0.25) is 0 Å². The number of benzene rings is 1. The molecule has 0 aliphatic rings. The number of thiazole rings is 1. The second-order valence-corrected chi connectivity index (χ2v) is 3.90. The fourth-order valence-corrected chi connectivity index (χ4v) is 2.01. The zero-order chi connectivity index (χ0) is 8.55. The predicted octanol–water partition coefficient (Wildman–Crippen LogP) is 2.65. The third kappa shape index (κ3) is 1.16. The predicted molar refractivity (Wildman–Crippen MR) is 53.9 cm³/mol. The van der Waals surface area contributed by atoms with Crippen LogP contribution in [0.15, 0.2) is 18.2 Å². The van der Waals surface area contributed by atoms with Crippen molar-refractivity contribution in [1.29, 1.82) is 0 Å². The number of hydrogen-bond donors (Lipinski definition) is 1. The first kappa shape index (κ1) is 7.55. The van der Waals surface area contributed by atoms with Gasteiger partial charge in [0, 0.05) is 12.7 Å². The van der Waals surface area contributed by atoms with E-state index in [-0.39, 0.29) is 0 Å². The van der Waals surface area contributed by atoms with Crippen LogP contribution in [0.5, 0.6) is 0 Å². The van der Waals surface area contributed by atoms with Crippen molar-refractivity contribution in [1.82, 2.24) is 4.98 Å². The van der Waals surface area contributed by atoms with Crippen molar-refractivity contribution in [2.45, 2.75) is 6.92 Å². The SMILES string of the molecule is CNc1ccc2sc(C)nc2c1. The third-order valence-electron chi connectivity index (χ3n) is 1.78. The highest BCUT2D eigenvalue weighted by atomic mass is 32.1. The summed E-state index contributed by atoms with van der Waals surface area (Å²) in [5.41, 5.74) is 2.21. The quantitative estimate of drug-likeness (QED) is 0.726. The molecule has 1 heterocycles. The van der Waals surface area contributed by atoms with E-state index in [4.69, 9.17) is 0 Å². The molecule has 0 bridgehead atoms. The van der Waals surface area contributed by atoms with Crippen LogP contribution in [0.3, 0.4) is 0 Å². The number of aryl methyl sites for hydroxylation is 1. The number of hydrogen-bond acceptors (Lipinski definition) is 3. The monoisotopic (exact) mass is 178 g/mol. The highest BCUT2D eigenvalue weighted by Gasteiger charge is 1.99. The molecule has 0 saturated heterocycles. The smallest absolute Gasteiger partial charge is 0.0907 e. The van der Waals surface area contributed by atoms with E-state index in [2.05, 4.69) is 28.5 Å². The van der Waals surface area contributed by atoms with Gasteiger partial charge in [-0.25, -0.2) is 4.98 Å². The van der Waals surface area contributed by atoms with Gasteiger partial charge in [0.1, 0.15) is 0 Å². The van der Waals surface area contributed by atoms with Gasteiger partial charge in [-0.2, -0.15) is 0 Å². The van der Waals surface area contributed by atoms with Gasteiger partial charge < -0.3 is 5.32 Å². The number of rotatable bonds is 1. The van der Waals surface area contributed by atoms with Gasteiger partial charge in [0.25, 0.3) is 0 Å². The second-order valence-electron chi connectivity index (χ2n) is 2.67. The lowest BCUT2D eigenvalue weighted by Crippen LogP contribution is -1.85. The lowest BCUT2D eigenvalue weighted by Gasteiger charge is -1.96. The Bertz CT molecular complexity index is 406. The van der Waals surface area contributed by atoms with E-state index in [1.54, 1.807) is 11.3 Å². The normalized spacial score (nSPS) is 10.5. The van der Waals surface area contributed by atoms with Crippen LogP contribution >= 0.6 is 11.3 Å². The van der Waals surface area contributed by atoms with Gasteiger partial charge in [0.2, 0.25) is 0 Å². The first-order chi connectivity index (χ1) is 5.79. The molecule has 0 saturated carbocycles. The summed E-state index contributed by atoms with van der Waals surface area (Å²) in [6.07, 6.45) is 0. The number of aromatic nitrogens is 1. The molecule has 1 aromatic carbocycles. The van der Waals surface area contributed by atoms with Crippen molar-refractivity contribution >= 4 is 27.2 Å². The Hall–Kier alpha value is -1.09. The summed E-state index contributed by atoms with van der Waals surface area (Å²) in [5, 5.41) is 4.22. The van der Waals surface area contributed by atoms with Gasteiger partial charge in [-0.05, 0) is 25.1 Å². The van der Waals surface area contributed by atoms with Crippen LogP contribution < -0.4 is 5.32 Å². The van der Waals surface area contributed by atoms with E-state index in [1.165, 1.54) is 4.70 Å². The molecule has 0 aliphatic carbocycles. The Morgan fingerprint density at radius 2 is 2.25 bits per heavy atom. The zero-order valence-corrected chi connectivity index (χ0v) is 7.90. The molecule has 2 aromatic rings. The third-order valence-corrected chi connectivity index (χ3v) is 2.74. The summed E-state index contributed by atoms with van der Waals surface area (Å²) in [7, 11) is 1.92. The van der Waals surface area contributed by atoms with E-state index in [1.807, 2.05) is 14.0 Å². The van der Waals surface area contributed by atoms with Crippen molar-refractivity contribution in [3.05, 3.63) is 23.2 Å². The fourth-order valence-electron chi connectivity index (χ4n) is 1.20. The van der Waals surface area contributed by atoms with Crippen molar-refractivity contribution in [2.75, 3.05) is 12.4 Å². The maximum absolute atomic E-state index is 4.40. The van der Waals surface area contributed by atoms with Crippen molar-refractivity contribution in [3.63, 3.8) is 0 Å². The van der Waals surface area contributed by atoms with E-state index in [9.17, 15) is 0 Å². The summed E-state index contributed by atoms with van der Waals surface area (Å²) in [5.74, 6) is 0. The van der Waals surface area contributed by atoms with Crippen LogP contribution in [-0.4, -0.2) is 12.0 Å². The first-order valence-corrected chi connectivity index (χ1v) is 4.66. The standard InChI is InChI=1S/C9H10N2S/c1-6-11-8-5-7(10-2)3-4-9(8)12-6/h3-5,10H,1-2H3. The Kier molecular flexibility index (Phi) is 1.73. The summed E-state index contributed by atoms with van der Waals surface area (Å²) in [6, 6.07) is 6.24. The largest absolute Gasteiger partial charge is 0.388 e. The summed E-state index contributed by atoms with van der Waals surface area (Å²) >= 11 is 1.73. The maximum atomic E-state index is 4.40. The van der Waals surface area contributed by atoms with Crippen LogP contribution in [-0.2, 0) is 0 Å². The molecular formula is C9H10N2S. The molecule has 0 atom stereocenters. The molecule has 0 fully saturated rings. The van der Waals surface area contributed by atoms with E-state index >= 15 is 0 Å². The minimum atomic E-state index is 1.09. The van der Waals surface area contributed by atoms with Crippen molar-refractivity contribution < 1.29 is 0 Å². The maximum Gasteiger partial charge on any atom is 0.0907 e. The number of nitrogens with zero attached hydrogens (tertiary/aromatic N) is 1. The highest BCUT2D eigenvalue weighted by Crippen LogP contribution is 2.23. The summed E-state index contributed by atoms with van der Waals surface area (Å²) in [4.78, 5) is 4.40. The lowest BCUT2D eigenvalue weighted by atomic mass is 10.3. The minimum absolute atomic E-state index is 1.09. The number of fused-ring (bicyclic) bond motifs is 1. The number of anilines is 1. The number of nitrogens with one attached hydrogen (secondary N) is 1. The topological polar surface area (TPSA) is 24.9 Å². The fraction of sp³-hybridized carbons (Fsp3) is 0.222. The molecule has 0 radical (unpaired) electrons. The Labute approximate surface area is 75.3 Å². The molecule has 2 nitrogen and oxygen atoms in total. The average Bonchev–Trinajstić information content (AvgIpc) is 2.43. The molecular weight excluding hydrogens is 168 g/mol. The van der Waals surface area contributed by atoms with Crippen LogP contribution in [0.25, 0.3) is 10.2 Å². The van der Waals surface area contributed by atoms with Crippen molar-refractivity contribution in [2.24, 2.45) is 0 Å². The minimum Gasteiger partial charge on any atom is -0.388 e. The van der Waals surface area contributed by atoms with Gasteiger partial charge in [-0.15, -0.1) is 11.3 Å². The molecule has 1 N–H and O–H groups in total. The van der Waals surface area contributed by atoms with Crippen LogP contribution in [0.1, 0.15) is 5.01 Å². The Morgan fingerprint density at radius 1 is 1.42 bits per heavy atom. The Balaban J connectivity index is 2.66. The second kappa shape index (κ2) is 2.75. The first-order valence-electron chi connectivity index (χ1n) is 3.84. The Morgan fingerprint density at radius 3 is 3.00 bits per heavy atom. The van der Waals surface area contributed by atoms with Gasteiger partial charge in [-0.1, -0.05) is 0 Å². The summed E-state index contributed by atoms with van der Waals surface area (Å²) in [6.45, 7) is 2.03. The molecule has 0 spiro atoms. The molecule has 12 heavy (non-hydrogen) atoms. The molecule has 2 rings (SSSR count). The van der Waals surface area contributed by atoms with E-state index < -0.39 is 0 Å². The summed E-state index contributed by atoms with van der Waals surface area (Å²) < 4.78 is 1.26. The van der Waals surface area contributed by atoms with Crippen molar-refractivity contribution in [3.8, 4) is 0 Å². The van der Waals surface area contributed by atoms with Crippen LogP contribution in [0.4, 0.5) is 5.69 Å². The lowest BCUT2D eigenvalue weighted by molar-refractivity contribution is 1.34.